The number of hydrogen-bond donors (Lipinski definition) is 0. The number of fused-ring (bicyclic) bond motifs is 1. The Labute approximate surface area is 107 Å². The lowest BCUT2D eigenvalue weighted by atomic mass is 9.94. The number of rotatable bonds is 1. The minimum absolute atomic E-state index is 0.422. The van der Waals surface area contributed by atoms with Gasteiger partial charge in [-0.2, -0.15) is 5.11 Å². The minimum atomic E-state index is -0.943. The highest BCUT2D eigenvalue weighted by Crippen LogP contribution is 2.33. The second-order valence-corrected chi connectivity index (χ2v) is 4.18. The van der Waals surface area contributed by atoms with Crippen LogP contribution in [-0.4, -0.2) is 5.91 Å². The SMILES string of the molecule is O=C1N=N[C@@H](c2ccc(F)c(F)c2)c2ccccc21. The molecule has 0 spiro atoms. The van der Waals surface area contributed by atoms with Crippen LogP contribution in [0.1, 0.15) is 27.5 Å². The van der Waals surface area contributed by atoms with Crippen LogP contribution in [0.15, 0.2) is 52.7 Å². The molecule has 1 amide bonds. The molecule has 2 aromatic rings. The standard InChI is InChI=1S/C14H8F2N2O/c15-11-6-5-8(7-12(11)16)13-9-3-1-2-4-10(9)14(19)18-17-13/h1-7,13H/t13-/m0/s1. The quantitative estimate of drug-likeness (QED) is 0.769. The van der Waals surface area contributed by atoms with E-state index in [1.165, 1.54) is 6.07 Å². The third-order valence-corrected chi connectivity index (χ3v) is 3.01. The average molecular weight is 258 g/mol. The van der Waals surface area contributed by atoms with E-state index < -0.39 is 23.6 Å². The predicted octanol–water partition coefficient (Wildman–Crippen LogP) is 3.66. The molecule has 0 saturated heterocycles. The summed E-state index contributed by atoms with van der Waals surface area (Å²) in [5, 5.41) is 7.43. The largest absolute Gasteiger partial charge is 0.295 e. The molecule has 0 N–H and O–H groups in total. The molecular formula is C14H8F2N2O. The van der Waals surface area contributed by atoms with Gasteiger partial charge in [0.2, 0.25) is 0 Å². The fraction of sp³-hybridized carbons (Fsp3) is 0.0714. The topological polar surface area (TPSA) is 41.8 Å². The fourth-order valence-electron chi connectivity index (χ4n) is 2.09. The van der Waals surface area contributed by atoms with E-state index in [1.807, 2.05) is 0 Å². The summed E-state index contributed by atoms with van der Waals surface area (Å²) >= 11 is 0. The van der Waals surface area contributed by atoms with E-state index in [4.69, 9.17) is 0 Å². The summed E-state index contributed by atoms with van der Waals surface area (Å²) in [5.74, 6) is -2.28. The number of halogens is 2. The van der Waals surface area contributed by atoms with Gasteiger partial charge in [0.15, 0.2) is 11.6 Å². The van der Waals surface area contributed by atoms with Crippen LogP contribution in [0.25, 0.3) is 0 Å². The third kappa shape index (κ3) is 1.93. The van der Waals surface area contributed by atoms with Gasteiger partial charge in [0, 0.05) is 5.56 Å². The molecule has 0 bridgehead atoms. The van der Waals surface area contributed by atoms with Crippen LogP contribution in [0.3, 0.4) is 0 Å². The Bertz CT molecular complexity index is 698. The van der Waals surface area contributed by atoms with E-state index >= 15 is 0 Å². The smallest absolute Gasteiger partial charge is 0.265 e. The monoisotopic (exact) mass is 258 g/mol. The van der Waals surface area contributed by atoms with Crippen molar-refractivity contribution in [2.75, 3.05) is 0 Å². The van der Waals surface area contributed by atoms with Crippen molar-refractivity contribution in [2.45, 2.75) is 6.04 Å². The molecule has 94 valence electrons. The molecular weight excluding hydrogens is 250 g/mol. The van der Waals surface area contributed by atoms with Crippen LogP contribution in [0, 0.1) is 11.6 Å². The minimum Gasteiger partial charge on any atom is -0.265 e. The van der Waals surface area contributed by atoms with Crippen LogP contribution >= 0.6 is 0 Å². The van der Waals surface area contributed by atoms with Crippen molar-refractivity contribution >= 4 is 5.91 Å². The number of benzene rings is 2. The van der Waals surface area contributed by atoms with Crippen LogP contribution in [-0.2, 0) is 0 Å². The first-order valence-electron chi connectivity index (χ1n) is 5.66. The molecule has 0 unspecified atom stereocenters. The average Bonchev–Trinajstić information content (AvgIpc) is 2.43. The molecule has 1 aliphatic rings. The molecule has 2 aromatic carbocycles. The number of carbonyl (C=O) groups excluding carboxylic acids is 1. The molecule has 3 nitrogen and oxygen atoms in total. The van der Waals surface area contributed by atoms with E-state index in [0.29, 0.717) is 16.7 Å². The van der Waals surface area contributed by atoms with Gasteiger partial charge < -0.3 is 0 Å². The highest BCUT2D eigenvalue weighted by atomic mass is 19.2. The van der Waals surface area contributed by atoms with Crippen molar-refractivity contribution in [3.8, 4) is 0 Å². The molecule has 19 heavy (non-hydrogen) atoms. The van der Waals surface area contributed by atoms with Gasteiger partial charge in [0.25, 0.3) is 5.91 Å². The Morgan fingerprint density at radius 2 is 1.79 bits per heavy atom. The maximum atomic E-state index is 13.3. The Morgan fingerprint density at radius 1 is 1.00 bits per heavy atom. The van der Waals surface area contributed by atoms with Crippen molar-refractivity contribution in [1.29, 1.82) is 0 Å². The molecule has 0 fully saturated rings. The summed E-state index contributed by atoms with van der Waals surface area (Å²) in [4.78, 5) is 11.6. The summed E-state index contributed by atoms with van der Waals surface area (Å²) in [5.41, 5.74) is 1.54. The summed E-state index contributed by atoms with van der Waals surface area (Å²) in [6, 6.07) is 9.84. The van der Waals surface area contributed by atoms with Gasteiger partial charge in [-0.1, -0.05) is 24.3 Å². The zero-order chi connectivity index (χ0) is 13.4. The van der Waals surface area contributed by atoms with Crippen molar-refractivity contribution in [3.05, 3.63) is 70.8 Å². The molecule has 1 heterocycles. The molecule has 0 aliphatic carbocycles. The van der Waals surface area contributed by atoms with Gasteiger partial charge in [-0.25, -0.2) is 8.78 Å². The first-order chi connectivity index (χ1) is 9.16. The number of carbonyl (C=O) groups is 1. The maximum Gasteiger partial charge on any atom is 0.295 e. The number of azo groups is 1. The lowest BCUT2D eigenvalue weighted by Crippen LogP contribution is -2.11. The van der Waals surface area contributed by atoms with Crippen LogP contribution in [0.4, 0.5) is 8.78 Å². The van der Waals surface area contributed by atoms with Crippen molar-refractivity contribution in [2.24, 2.45) is 10.2 Å². The van der Waals surface area contributed by atoms with Gasteiger partial charge in [0.05, 0.1) is 0 Å². The van der Waals surface area contributed by atoms with E-state index in [1.54, 1.807) is 24.3 Å². The van der Waals surface area contributed by atoms with Gasteiger partial charge in [-0.15, -0.1) is 5.11 Å². The summed E-state index contributed by atoms with van der Waals surface area (Å²) in [7, 11) is 0. The van der Waals surface area contributed by atoms with Crippen molar-refractivity contribution in [1.82, 2.24) is 0 Å². The highest BCUT2D eigenvalue weighted by Gasteiger charge is 2.25. The molecule has 1 atom stereocenters. The second kappa shape index (κ2) is 4.35. The zero-order valence-electron chi connectivity index (χ0n) is 9.68. The fourth-order valence-corrected chi connectivity index (χ4v) is 2.09. The van der Waals surface area contributed by atoms with Crippen LogP contribution < -0.4 is 0 Å². The normalized spacial score (nSPS) is 17.4. The summed E-state index contributed by atoms with van der Waals surface area (Å²) in [6.45, 7) is 0. The van der Waals surface area contributed by atoms with Crippen LogP contribution in [0.5, 0.6) is 0 Å². The van der Waals surface area contributed by atoms with Crippen molar-refractivity contribution in [3.63, 3.8) is 0 Å². The van der Waals surface area contributed by atoms with E-state index in [0.717, 1.165) is 12.1 Å². The van der Waals surface area contributed by atoms with Crippen LogP contribution in [0.2, 0.25) is 0 Å². The van der Waals surface area contributed by atoms with Gasteiger partial charge in [-0.3, -0.25) is 4.79 Å². The number of amides is 1. The Hall–Kier alpha value is -2.43. The van der Waals surface area contributed by atoms with Gasteiger partial charge in [-0.05, 0) is 29.3 Å². The van der Waals surface area contributed by atoms with E-state index in [9.17, 15) is 13.6 Å². The molecule has 1 aliphatic heterocycles. The molecule has 5 heteroatoms. The molecule has 0 saturated carbocycles. The predicted molar refractivity (Wildman–Crippen MR) is 63.8 cm³/mol. The number of hydrogen-bond acceptors (Lipinski definition) is 2. The summed E-state index contributed by atoms with van der Waals surface area (Å²) in [6.07, 6.45) is 0. The molecule has 3 rings (SSSR count). The number of nitrogens with zero attached hydrogens (tertiary/aromatic N) is 2. The third-order valence-electron chi connectivity index (χ3n) is 3.01. The lowest BCUT2D eigenvalue weighted by Gasteiger charge is -2.18. The second-order valence-electron chi connectivity index (χ2n) is 4.18. The molecule has 0 radical (unpaired) electrons. The maximum absolute atomic E-state index is 13.3. The first kappa shape index (κ1) is 11.6. The Morgan fingerprint density at radius 3 is 2.58 bits per heavy atom. The summed E-state index contributed by atoms with van der Waals surface area (Å²) < 4.78 is 26.2. The molecule has 0 aromatic heterocycles. The highest BCUT2D eigenvalue weighted by molar-refractivity contribution is 5.97. The van der Waals surface area contributed by atoms with Gasteiger partial charge in [0.1, 0.15) is 6.04 Å². The van der Waals surface area contributed by atoms with Crippen molar-refractivity contribution < 1.29 is 13.6 Å². The van der Waals surface area contributed by atoms with Gasteiger partial charge >= 0.3 is 0 Å². The Balaban J connectivity index is 2.13. The Kier molecular flexibility index (Phi) is 2.67. The zero-order valence-corrected chi connectivity index (χ0v) is 9.68. The van der Waals surface area contributed by atoms with E-state index in [2.05, 4.69) is 10.2 Å². The lowest BCUT2D eigenvalue weighted by molar-refractivity contribution is 0.0986. The first-order valence-corrected chi connectivity index (χ1v) is 5.66. The van der Waals surface area contributed by atoms with E-state index in [-0.39, 0.29) is 0 Å².